The molecule has 1 unspecified atom stereocenters. The minimum absolute atomic E-state index is 0.109. The van der Waals surface area contributed by atoms with E-state index in [1.807, 2.05) is 6.07 Å². The van der Waals surface area contributed by atoms with Crippen LogP contribution < -0.4 is 5.32 Å². The molecule has 1 nitrogen and oxygen atoms in total. The smallest absolute Gasteiger partial charge is 0.128 e. The summed E-state index contributed by atoms with van der Waals surface area (Å²) in [5.41, 5.74) is 0.787. The molecule has 0 aliphatic carbocycles. The summed E-state index contributed by atoms with van der Waals surface area (Å²) in [6.45, 7) is 7.49. The topological polar surface area (TPSA) is 12.0 Å². The van der Waals surface area contributed by atoms with Gasteiger partial charge in [-0.15, -0.1) is 0 Å². The van der Waals surface area contributed by atoms with Gasteiger partial charge >= 0.3 is 0 Å². The highest BCUT2D eigenvalue weighted by atomic mass is 79.9. The molecule has 3 heteroatoms. The van der Waals surface area contributed by atoms with Gasteiger partial charge < -0.3 is 5.32 Å². The van der Waals surface area contributed by atoms with Gasteiger partial charge in [0.1, 0.15) is 5.82 Å². The van der Waals surface area contributed by atoms with Crippen LogP contribution in [0.3, 0.4) is 0 Å². The van der Waals surface area contributed by atoms with E-state index in [9.17, 15) is 4.39 Å². The first-order valence-electron chi connectivity index (χ1n) is 7.30. The van der Waals surface area contributed by atoms with E-state index in [2.05, 4.69) is 42.0 Å². The normalized spacial score (nSPS) is 12.9. The molecule has 0 saturated heterocycles. The van der Waals surface area contributed by atoms with Crippen molar-refractivity contribution < 1.29 is 4.39 Å². The van der Waals surface area contributed by atoms with E-state index in [1.54, 1.807) is 12.1 Å². The quantitative estimate of drug-likeness (QED) is 0.668. The van der Waals surface area contributed by atoms with Crippen LogP contribution in [0.2, 0.25) is 0 Å². The lowest BCUT2D eigenvalue weighted by atomic mass is 9.91. The molecule has 1 aromatic rings. The molecule has 0 fully saturated rings. The Morgan fingerprint density at radius 3 is 2.47 bits per heavy atom. The minimum Gasteiger partial charge on any atom is -0.310 e. The highest BCUT2D eigenvalue weighted by Gasteiger charge is 2.19. The second kappa shape index (κ2) is 8.70. The highest BCUT2D eigenvalue weighted by molar-refractivity contribution is 9.10. The molecule has 0 heterocycles. The number of hydrogen-bond acceptors (Lipinski definition) is 1. The Balaban J connectivity index is 2.91. The maximum atomic E-state index is 14.0. The summed E-state index contributed by atoms with van der Waals surface area (Å²) >= 11 is 3.44. The van der Waals surface area contributed by atoms with Crippen molar-refractivity contribution >= 4 is 15.9 Å². The number of hydrogen-bond donors (Lipinski definition) is 1. The molecule has 0 saturated carbocycles. The Labute approximate surface area is 125 Å². The zero-order chi connectivity index (χ0) is 14.3. The summed E-state index contributed by atoms with van der Waals surface area (Å²) in [5, 5.41) is 3.49. The first-order chi connectivity index (χ1) is 9.12. The van der Waals surface area contributed by atoms with Crippen molar-refractivity contribution in [3.05, 3.63) is 34.1 Å². The molecule has 0 spiro atoms. The zero-order valence-electron chi connectivity index (χ0n) is 12.2. The molecule has 19 heavy (non-hydrogen) atoms. The molecule has 1 aromatic carbocycles. The first kappa shape index (κ1) is 16.6. The van der Waals surface area contributed by atoms with Crippen LogP contribution in [0, 0.1) is 11.7 Å². The van der Waals surface area contributed by atoms with Gasteiger partial charge in [-0.2, -0.15) is 0 Å². The van der Waals surface area contributed by atoms with E-state index < -0.39 is 0 Å². The van der Waals surface area contributed by atoms with Crippen LogP contribution in [0.1, 0.15) is 58.1 Å². The molecule has 0 aliphatic rings. The number of halogens is 2. The molecule has 1 rings (SSSR count). The number of nitrogens with one attached hydrogen (secondary N) is 1. The Morgan fingerprint density at radius 2 is 1.89 bits per heavy atom. The van der Waals surface area contributed by atoms with Gasteiger partial charge in [0.15, 0.2) is 0 Å². The van der Waals surface area contributed by atoms with Gasteiger partial charge in [-0.3, -0.25) is 0 Å². The standard InChI is InChI=1S/C16H25BrFN/c1-4-9-19-16(10-12(5-2)6-3)14-11-13(17)7-8-15(14)18/h7-8,11-12,16,19H,4-6,9-10H2,1-3H3. The zero-order valence-corrected chi connectivity index (χ0v) is 13.8. The fourth-order valence-corrected chi connectivity index (χ4v) is 2.75. The Morgan fingerprint density at radius 1 is 1.21 bits per heavy atom. The van der Waals surface area contributed by atoms with Crippen LogP contribution in [-0.4, -0.2) is 6.54 Å². The van der Waals surface area contributed by atoms with Gasteiger partial charge in [-0.05, 0) is 43.5 Å². The maximum absolute atomic E-state index is 14.0. The summed E-state index contributed by atoms with van der Waals surface area (Å²) in [6.07, 6.45) is 4.36. The fourth-order valence-electron chi connectivity index (χ4n) is 2.38. The van der Waals surface area contributed by atoms with E-state index in [0.29, 0.717) is 5.92 Å². The predicted octanol–water partition coefficient (Wildman–Crippen LogP) is 5.46. The molecule has 1 atom stereocenters. The van der Waals surface area contributed by atoms with Gasteiger partial charge in [0.2, 0.25) is 0 Å². The van der Waals surface area contributed by atoms with Gasteiger partial charge in [-0.1, -0.05) is 49.5 Å². The largest absolute Gasteiger partial charge is 0.310 e. The average Bonchev–Trinajstić information content (AvgIpc) is 2.42. The van der Waals surface area contributed by atoms with Crippen LogP contribution >= 0.6 is 15.9 Å². The number of rotatable bonds is 8. The van der Waals surface area contributed by atoms with Crippen LogP contribution in [0.15, 0.2) is 22.7 Å². The van der Waals surface area contributed by atoms with Gasteiger partial charge in [0, 0.05) is 16.1 Å². The lowest BCUT2D eigenvalue weighted by molar-refractivity contribution is 0.364. The lowest BCUT2D eigenvalue weighted by Crippen LogP contribution is -2.25. The second-order valence-electron chi connectivity index (χ2n) is 5.09. The molecule has 0 aliphatic heterocycles. The lowest BCUT2D eigenvalue weighted by Gasteiger charge is -2.24. The highest BCUT2D eigenvalue weighted by Crippen LogP contribution is 2.29. The summed E-state index contributed by atoms with van der Waals surface area (Å²) in [5.74, 6) is 0.537. The van der Waals surface area contributed by atoms with Crippen molar-refractivity contribution in [1.29, 1.82) is 0 Å². The second-order valence-corrected chi connectivity index (χ2v) is 6.01. The van der Waals surface area contributed by atoms with Gasteiger partial charge in [-0.25, -0.2) is 4.39 Å². The van der Waals surface area contributed by atoms with Crippen LogP contribution in [0.5, 0.6) is 0 Å². The molecule has 0 radical (unpaired) electrons. The van der Waals surface area contributed by atoms with Crippen LogP contribution in [-0.2, 0) is 0 Å². The molecule has 0 bridgehead atoms. The van der Waals surface area contributed by atoms with Crippen molar-refractivity contribution in [3.8, 4) is 0 Å². The van der Waals surface area contributed by atoms with E-state index >= 15 is 0 Å². The molecule has 0 aromatic heterocycles. The van der Waals surface area contributed by atoms with Gasteiger partial charge in [0.05, 0.1) is 0 Å². The summed E-state index contributed by atoms with van der Waals surface area (Å²) in [4.78, 5) is 0. The SMILES string of the molecule is CCCNC(CC(CC)CC)c1cc(Br)ccc1F. The molecule has 0 amide bonds. The summed E-state index contributed by atoms with van der Waals surface area (Å²) in [7, 11) is 0. The molecule has 1 N–H and O–H groups in total. The first-order valence-corrected chi connectivity index (χ1v) is 8.09. The third kappa shape index (κ3) is 5.23. The van der Waals surface area contributed by atoms with Gasteiger partial charge in [0.25, 0.3) is 0 Å². The van der Waals surface area contributed by atoms with Crippen molar-refractivity contribution in [3.63, 3.8) is 0 Å². The Bertz CT molecular complexity index is 377. The van der Waals surface area contributed by atoms with E-state index in [4.69, 9.17) is 0 Å². The van der Waals surface area contributed by atoms with Crippen molar-refractivity contribution in [1.82, 2.24) is 5.32 Å². The van der Waals surface area contributed by atoms with Crippen molar-refractivity contribution in [2.75, 3.05) is 6.54 Å². The fraction of sp³-hybridized carbons (Fsp3) is 0.625. The number of benzene rings is 1. The summed E-state index contributed by atoms with van der Waals surface area (Å²) < 4.78 is 15.0. The van der Waals surface area contributed by atoms with Crippen LogP contribution in [0.4, 0.5) is 4.39 Å². The van der Waals surface area contributed by atoms with Crippen LogP contribution in [0.25, 0.3) is 0 Å². The van der Waals surface area contributed by atoms with Crippen molar-refractivity contribution in [2.24, 2.45) is 5.92 Å². The molecule has 108 valence electrons. The molecular formula is C16H25BrFN. The van der Waals surface area contributed by atoms with E-state index in [-0.39, 0.29) is 11.9 Å². The van der Waals surface area contributed by atoms with Crippen molar-refractivity contribution in [2.45, 2.75) is 52.5 Å². The van der Waals surface area contributed by atoms with E-state index in [1.165, 1.54) is 0 Å². The third-order valence-corrected chi connectivity index (χ3v) is 4.19. The van der Waals surface area contributed by atoms with E-state index in [0.717, 1.165) is 42.3 Å². The monoisotopic (exact) mass is 329 g/mol. The predicted molar refractivity (Wildman–Crippen MR) is 83.8 cm³/mol. The Hall–Kier alpha value is -0.410. The molecular weight excluding hydrogens is 305 g/mol. The third-order valence-electron chi connectivity index (χ3n) is 3.70. The maximum Gasteiger partial charge on any atom is 0.128 e. The average molecular weight is 330 g/mol. The summed E-state index contributed by atoms with van der Waals surface area (Å²) in [6, 6.07) is 5.33. The Kier molecular flexibility index (Phi) is 7.62. The minimum atomic E-state index is -0.109.